The van der Waals surface area contributed by atoms with Gasteiger partial charge in [0.05, 0.1) is 4.90 Å². The molecule has 1 aliphatic rings. The maximum atomic E-state index is 13.4. The Morgan fingerprint density at radius 3 is 2.19 bits per heavy atom. The molecule has 1 saturated heterocycles. The lowest BCUT2D eigenvalue weighted by Crippen LogP contribution is -2.43. The molecule has 1 N–H and O–H groups in total. The van der Waals surface area contributed by atoms with Crippen LogP contribution in [0.1, 0.15) is 40.7 Å². The third kappa shape index (κ3) is 4.96. The van der Waals surface area contributed by atoms with Crippen LogP contribution < -0.4 is 10.2 Å². The first-order valence-electron chi connectivity index (χ1n) is 11.0. The van der Waals surface area contributed by atoms with Crippen LogP contribution in [0.15, 0.2) is 29.3 Å². The number of carbonyl (C=O) groups excluding carboxylic acids is 1. The second kappa shape index (κ2) is 9.58. The van der Waals surface area contributed by atoms with Crippen molar-refractivity contribution in [1.82, 2.24) is 14.6 Å². The summed E-state index contributed by atoms with van der Waals surface area (Å²) in [6.45, 7) is 8.75. The summed E-state index contributed by atoms with van der Waals surface area (Å²) < 4.78 is 28.4. The number of hydrogen-bond donors (Lipinski definition) is 1. The first kappa shape index (κ1) is 24.2. The van der Waals surface area contributed by atoms with Gasteiger partial charge in [0.25, 0.3) is 0 Å². The average molecular weight is 459 g/mol. The number of aryl methyl sites for hydroxylation is 2. The number of nitrogens with zero attached hydrogens (tertiary/aromatic N) is 3. The van der Waals surface area contributed by atoms with E-state index in [2.05, 4.69) is 10.3 Å². The molecule has 1 amide bonds. The predicted octanol–water partition coefficient (Wildman–Crippen LogP) is 3.10. The number of pyridine rings is 1. The maximum absolute atomic E-state index is 13.4. The van der Waals surface area contributed by atoms with Crippen LogP contribution >= 0.6 is 0 Å². The molecule has 0 radical (unpaired) electrons. The molecule has 32 heavy (non-hydrogen) atoms. The summed E-state index contributed by atoms with van der Waals surface area (Å²) in [6.07, 6.45) is 2.80. The molecular weight excluding hydrogens is 424 g/mol. The highest BCUT2D eigenvalue weighted by Crippen LogP contribution is 2.31. The Kier molecular flexibility index (Phi) is 7.25. The predicted molar refractivity (Wildman–Crippen MR) is 127 cm³/mol. The van der Waals surface area contributed by atoms with Crippen LogP contribution in [0.4, 0.5) is 5.82 Å². The van der Waals surface area contributed by atoms with E-state index in [-0.39, 0.29) is 11.8 Å². The average Bonchev–Trinajstić information content (AvgIpc) is 2.76. The van der Waals surface area contributed by atoms with Crippen molar-refractivity contribution < 1.29 is 13.2 Å². The fraction of sp³-hybridized carbons (Fsp3) is 0.500. The number of piperidine rings is 1. The van der Waals surface area contributed by atoms with E-state index in [1.807, 2.05) is 64.9 Å². The lowest BCUT2D eigenvalue weighted by molar-refractivity contribution is -0.126. The van der Waals surface area contributed by atoms with E-state index >= 15 is 0 Å². The molecule has 1 aromatic heterocycles. The number of rotatable bonds is 6. The van der Waals surface area contributed by atoms with Crippen molar-refractivity contribution >= 4 is 21.7 Å². The van der Waals surface area contributed by atoms with Gasteiger partial charge in [-0.25, -0.2) is 13.4 Å². The molecule has 1 fully saturated rings. The van der Waals surface area contributed by atoms with Gasteiger partial charge < -0.3 is 10.2 Å². The Bertz CT molecular complexity index is 1060. The number of amides is 1. The molecule has 0 spiro atoms. The highest BCUT2D eigenvalue weighted by Gasteiger charge is 2.34. The van der Waals surface area contributed by atoms with Gasteiger partial charge in [0.1, 0.15) is 5.82 Å². The Balaban J connectivity index is 1.61. The van der Waals surface area contributed by atoms with Crippen LogP contribution in [-0.4, -0.2) is 50.8 Å². The van der Waals surface area contributed by atoms with Gasteiger partial charge in [-0.1, -0.05) is 12.1 Å². The van der Waals surface area contributed by atoms with Crippen LogP contribution in [0.3, 0.4) is 0 Å². The molecule has 3 rings (SSSR count). The third-order valence-electron chi connectivity index (χ3n) is 6.45. The van der Waals surface area contributed by atoms with Crippen molar-refractivity contribution in [2.75, 3.05) is 32.1 Å². The molecule has 8 heteroatoms. The highest BCUT2D eigenvalue weighted by atomic mass is 32.2. The number of nitrogens with one attached hydrogen (secondary N) is 1. The van der Waals surface area contributed by atoms with Crippen LogP contribution in [0, 0.1) is 33.6 Å². The van der Waals surface area contributed by atoms with Gasteiger partial charge in [-0.3, -0.25) is 4.79 Å². The molecule has 0 bridgehead atoms. The molecule has 1 aromatic carbocycles. The number of carbonyl (C=O) groups is 1. The number of benzene rings is 1. The minimum absolute atomic E-state index is 0.0301. The SMILES string of the molecule is Cc1cc(C)c(C)c(S(=O)(=O)N2CCC(C(=O)NCc3ccc(N(C)C)nc3)CC2)c1C. The molecule has 1 aliphatic heterocycles. The Morgan fingerprint density at radius 2 is 1.69 bits per heavy atom. The van der Waals surface area contributed by atoms with Crippen LogP contribution in [-0.2, 0) is 21.4 Å². The molecule has 0 saturated carbocycles. The number of anilines is 1. The van der Waals surface area contributed by atoms with Gasteiger partial charge in [0.15, 0.2) is 0 Å². The fourth-order valence-electron chi connectivity index (χ4n) is 4.17. The lowest BCUT2D eigenvalue weighted by Gasteiger charge is -2.31. The zero-order valence-electron chi connectivity index (χ0n) is 19.9. The quantitative estimate of drug-likeness (QED) is 0.719. The molecule has 0 atom stereocenters. The van der Waals surface area contributed by atoms with Gasteiger partial charge >= 0.3 is 0 Å². The minimum Gasteiger partial charge on any atom is -0.363 e. The Morgan fingerprint density at radius 1 is 1.09 bits per heavy atom. The fourth-order valence-corrected chi connectivity index (χ4v) is 6.22. The second-order valence-electron chi connectivity index (χ2n) is 8.90. The second-order valence-corrected chi connectivity index (χ2v) is 10.8. The van der Waals surface area contributed by atoms with Gasteiger partial charge in [-0.2, -0.15) is 4.31 Å². The zero-order valence-corrected chi connectivity index (χ0v) is 20.7. The van der Waals surface area contributed by atoms with E-state index in [1.54, 1.807) is 6.20 Å². The number of hydrogen-bond acceptors (Lipinski definition) is 5. The smallest absolute Gasteiger partial charge is 0.243 e. The summed E-state index contributed by atoms with van der Waals surface area (Å²) >= 11 is 0. The molecule has 7 nitrogen and oxygen atoms in total. The van der Waals surface area contributed by atoms with Crippen molar-refractivity contribution in [3.05, 3.63) is 52.2 Å². The van der Waals surface area contributed by atoms with Crippen LogP contribution in [0.5, 0.6) is 0 Å². The summed E-state index contributed by atoms with van der Waals surface area (Å²) in [5.41, 5.74) is 4.51. The van der Waals surface area contributed by atoms with Gasteiger partial charge in [-0.15, -0.1) is 0 Å². The Hall–Kier alpha value is -2.45. The van der Waals surface area contributed by atoms with E-state index in [0.29, 0.717) is 37.4 Å². The van der Waals surface area contributed by atoms with Crippen molar-refractivity contribution in [1.29, 1.82) is 0 Å². The van der Waals surface area contributed by atoms with Crippen molar-refractivity contribution in [2.24, 2.45) is 5.92 Å². The summed E-state index contributed by atoms with van der Waals surface area (Å²) in [5, 5.41) is 2.98. The minimum atomic E-state index is -3.59. The van der Waals surface area contributed by atoms with E-state index < -0.39 is 10.0 Å². The van der Waals surface area contributed by atoms with Gasteiger partial charge in [-0.05, 0) is 74.4 Å². The molecule has 0 aliphatic carbocycles. The topological polar surface area (TPSA) is 82.6 Å². The summed E-state index contributed by atoms with van der Waals surface area (Å²) in [7, 11) is 0.265. The van der Waals surface area contributed by atoms with Crippen LogP contribution in [0.2, 0.25) is 0 Å². The summed E-state index contributed by atoms with van der Waals surface area (Å²) in [5.74, 6) is 0.650. The highest BCUT2D eigenvalue weighted by molar-refractivity contribution is 7.89. The van der Waals surface area contributed by atoms with E-state index in [0.717, 1.165) is 33.6 Å². The van der Waals surface area contributed by atoms with Crippen molar-refractivity contribution in [3.63, 3.8) is 0 Å². The van der Waals surface area contributed by atoms with Crippen molar-refractivity contribution in [3.8, 4) is 0 Å². The molecule has 2 heterocycles. The zero-order chi connectivity index (χ0) is 23.6. The lowest BCUT2D eigenvalue weighted by atomic mass is 9.97. The molecule has 0 unspecified atom stereocenters. The van der Waals surface area contributed by atoms with Crippen LogP contribution in [0.25, 0.3) is 0 Å². The monoisotopic (exact) mass is 458 g/mol. The molecule has 2 aromatic rings. The Labute approximate surface area is 191 Å². The van der Waals surface area contributed by atoms with Gasteiger partial charge in [0.2, 0.25) is 15.9 Å². The maximum Gasteiger partial charge on any atom is 0.243 e. The first-order chi connectivity index (χ1) is 15.0. The van der Waals surface area contributed by atoms with Crippen molar-refractivity contribution in [2.45, 2.75) is 52.0 Å². The standard InChI is InChI=1S/C24H34N4O3S/c1-16-13-17(2)19(4)23(18(16)3)32(30,31)28-11-9-21(10-12-28)24(29)26-15-20-7-8-22(25-14-20)27(5)6/h7-8,13-14,21H,9-12,15H2,1-6H3,(H,26,29). The van der Waals surface area contributed by atoms with E-state index in [4.69, 9.17) is 0 Å². The summed E-state index contributed by atoms with van der Waals surface area (Å²) in [4.78, 5) is 19.4. The molecular formula is C24H34N4O3S. The summed E-state index contributed by atoms with van der Waals surface area (Å²) in [6, 6.07) is 5.90. The third-order valence-corrected chi connectivity index (χ3v) is 8.63. The number of aromatic nitrogens is 1. The van der Waals surface area contributed by atoms with Gasteiger partial charge in [0, 0.05) is 45.8 Å². The first-order valence-corrected chi connectivity index (χ1v) is 12.4. The largest absolute Gasteiger partial charge is 0.363 e. The normalized spacial score (nSPS) is 15.6. The van der Waals surface area contributed by atoms with E-state index in [9.17, 15) is 13.2 Å². The number of sulfonamides is 1. The molecule has 174 valence electrons. The van der Waals surface area contributed by atoms with E-state index in [1.165, 1.54) is 4.31 Å².